The summed E-state index contributed by atoms with van der Waals surface area (Å²) in [6, 6.07) is 4.03. The molecule has 2 heterocycles. The van der Waals surface area contributed by atoms with Crippen LogP contribution >= 0.6 is 0 Å². The van der Waals surface area contributed by atoms with Crippen LogP contribution in [0.1, 0.15) is 37.1 Å². The van der Waals surface area contributed by atoms with E-state index in [1.807, 2.05) is 30.1 Å². The molecule has 0 saturated carbocycles. The third-order valence-electron chi connectivity index (χ3n) is 3.35. The number of rotatable bonds is 8. The summed E-state index contributed by atoms with van der Waals surface area (Å²) in [6.45, 7) is 3.12. The van der Waals surface area contributed by atoms with E-state index in [0.717, 1.165) is 31.5 Å². The maximum atomic E-state index is 5.06. The van der Waals surface area contributed by atoms with Gasteiger partial charge >= 0.3 is 0 Å². The first-order chi connectivity index (χ1) is 10.2. The molecule has 0 saturated heterocycles. The Bertz CT molecular complexity index is 537. The van der Waals surface area contributed by atoms with Crippen LogP contribution in [0.15, 0.2) is 24.5 Å². The highest BCUT2D eigenvalue weighted by Gasteiger charge is 2.13. The Morgan fingerprint density at radius 3 is 2.76 bits per heavy atom. The molecule has 0 aliphatic heterocycles. The standard InChI is InChI=1S/C15H23N5O/c1-4-9-16-13(6-5-12-10-17-20(2)11-12)14-7-8-15(21-3)19-18-14/h7-8,10-11,13,16H,4-6,9H2,1-3H3. The maximum absolute atomic E-state index is 5.06. The topological polar surface area (TPSA) is 64.9 Å². The van der Waals surface area contributed by atoms with Crippen molar-refractivity contribution in [3.63, 3.8) is 0 Å². The molecule has 6 nitrogen and oxygen atoms in total. The Balaban J connectivity index is 2.01. The van der Waals surface area contributed by atoms with E-state index in [9.17, 15) is 0 Å². The van der Waals surface area contributed by atoms with Gasteiger partial charge in [-0.3, -0.25) is 4.68 Å². The van der Waals surface area contributed by atoms with Crippen LogP contribution in [0.5, 0.6) is 5.88 Å². The summed E-state index contributed by atoms with van der Waals surface area (Å²) in [4.78, 5) is 0. The number of hydrogen-bond donors (Lipinski definition) is 1. The summed E-state index contributed by atoms with van der Waals surface area (Å²) >= 11 is 0. The third-order valence-corrected chi connectivity index (χ3v) is 3.35. The first-order valence-electron chi connectivity index (χ1n) is 7.31. The SMILES string of the molecule is CCCNC(CCc1cnn(C)c1)c1ccc(OC)nn1. The predicted molar refractivity (Wildman–Crippen MR) is 81.1 cm³/mol. The van der Waals surface area contributed by atoms with Crippen LogP contribution in [0.25, 0.3) is 0 Å². The van der Waals surface area contributed by atoms with E-state index in [0.29, 0.717) is 5.88 Å². The van der Waals surface area contributed by atoms with Gasteiger partial charge in [0.15, 0.2) is 0 Å². The van der Waals surface area contributed by atoms with Crippen molar-refractivity contribution in [2.75, 3.05) is 13.7 Å². The summed E-state index contributed by atoms with van der Waals surface area (Å²) in [7, 11) is 3.53. The normalized spacial score (nSPS) is 12.3. The smallest absolute Gasteiger partial charge is 0.233 e. The molecule has 1 unspecified atom stereocenters. The summed E-state index contributed by atoms with van der Waals surface area (Å²) in [5, 5.41) is 16.1. The van der Waals surface area contributed by atoms with Crippen LogP contribution in [-0.4, -0.2) is 33.6 Å². The van der Waals surface area contributed by atoms with E-state index < -0.39 is 0 Å². The molecule has 2 aromatic heterocycles. The molecule has 0 radical (unpaired) electrons. The van der Waals surface area contributed by atoms with Crippen LogP contribution in [0.4, 0.5) is 0 Å². The van der Waals surface area contributed by atoms with Gasteiger partial charge in [-0.2, -0.15) is 10.2 Å². The average Bonchev–Trinajstić information content (AvgIpc) is 2.93. The molecular formula is C15H23N5O. The van der Waals surface area contributed by atoms with Crippen molar-refractivity contribution in [3.8, 4) is 5.88 Å². The summed E-state index contributed by atoms with van der Waals surface area (Å²) in [5.41, 5.74) is 2.19. The zero-order chi connectivity index (χ0) is 15.1. The van der Waals surface area contributed by atoms with Crippen molar-refractivity contribution in [1.29, 1.82) is 0 Å². The van der Waals surface area contributed by atoms with Crippen LogP contribution in [0.2, 0.25) is 0 Å². The molecule has 6 heteroatoms. The fraction of sp³-hybridized carbons (Fsp3) is 0.533. The van der Waals surface area contributed by atoms with E-state index in [4.69, 9.17) is 4.74 Å². The minimum atomic E-state index is 0.198. The fourth-order valence-corrected chi connectivity index (χ4v) is 2.21. The van der Waals surface area contributed by atoms with Gasteiger partial charge in [0.2, 0.25) is 5.88 Å². The second-order valence-electron chi connectivity index (χ2n) is 5.07. The molecule has 0 aromatic carbocycles. The molecule has 0 amide bonds. The molecule has 1 atom stereocenters. The zero-order valence-electron chi connectivity index (χ0n) is 12.9. The van der Waals surface area contributed by atoms with Gasteiger partial charge in [0.1, 0.15) is 0 Å². The highest BCUT2D eigenvalue weighted by atomic mass is 16.5. The van der Waals surface area contributed by atoms with Gasteiger partial charge in [0.05, 0.1) is 25.0 Å². The number of aryl methyl sites for hydroxylation is 2. The Morgan fingerprint density at radius 2 is 2.19 bits per heavy atom. The second kappa shape index (κ2) is 7.73. The van der Waals surface area contributed by atoms with Gasteiger partial charge in [-0.25, -0.2) is 0 Å². The minimum Gasteiger partial charge on any atom is -0.480 e. The third kappa shape index (κ3) is 4.53. The molecule has 1 N–H and O–H groups in total. The first kappa shape index (κ1) is 15.4. The second-order valence-corrected chi connectivity index (χ2v) is 5.07. The summed E-state index contributed by atoms with van der Waals surface area (Å²) in [5.74, 6) is 0.542. The van der Waals surface area contributed by atoms with E-state index >= 15 is 0 Å². The summed E-state index contributed by atoms with van der Waals surface area (Å²) < 4.78 is 6.89. The maximum Gasteiger partial charge on any atom is 0.233 e. The van der Waals surface area contributed by atoms with Gasteiger partial charge in [0.25, 0.3) is 0 Å². The highest BCUT2D eigenvalue weighted by Crippen LogP contribution is 2.18. The van der Waals surface area contributed by atoms with E-state index in [2.05, 4.69) is 33.7 Å². The van der Waals surface area contributed by atoms with Crippen LogP contribution < -0.4 is 10.1 Å². The molecule has 0 bridgehead atoms. The Hall–Kier alpha value is -1.95. The minimum absolute atomic E-state index is 0.198. The first-order valence-corrected chi connectivity index (χ1v) is 7.31. The van der Waals surface area contributed by atoms with Gasteiger partial charge in [-0.05, 0) is 37.4 Å². The van der Waals surface area contributed by atoms with Crippen LogP contribution in [-0.2, 0) is 13.5 Å². The largest absolute Gasteiger partial charge is 0.480 e. The molecular weight excluding hydrogens is 266 g/mol. The van der Waals surface area contributed by atoms with Crippen LogP contribution in [0.3, 0.4) is 0 Å². The Kier molecular flexibility index (Phi) is 5.68. The van der Waals surface area contributed by atoms with E-state index in [-0.39, 0.29) is 6.04 Å². The van der Waals surface area contributed by atoms with Crippen molar-refractivity contribution in [1.82, 2.24) is 25.3 Å². The van der Waals surface area contributed by atoms with Gasteiger partial charge in [-0.15, -0.1) is 5.10 Å². The van der Waals surface area contributed by atoms with E-state index in [1.165, 1.54) is 5.56 Å². The zero-order valence-corrected chi connectivity index (χ0v) is 12.9. The highest BCUT2D eigenvalue weighted by molar-refractivity contribution is 5.15. The lowest BCUT2D eigenvalue weighted by atomic mass is 10.0. The van der Waals surface area contributed by atoms with Gasteiger partial charge < -0.3 is 10.1 Å². The monoisotopic (exact) mass is 289 g/mol. The number of methoxy groups -OCH3 is 1. The van der Waals surface area contributed by atoms with Crippen molar-refractivity contribution in [2.24, 2.45) is 7.05 Å². The number of aromatic nitrogens is 4. The molecule has 0 aliphatic carbocycles. The van der Waals surface area contributed by atoms with Crippen molar-refractivity contribution < 1.29 is 4.74 Å². The van der Waals surface area contributed by atoms with Crippen molar-refractivity contribution in [3.05, 3.63) is 35.8 Å². The molecule has 0 aliphatic rings. The number of ether oxygens (including phenoxy) is 1. The van der Waals surface area contributed by atoms with E-state index in [1.54, 1.807) is 7.11 Å². The number of nitrogens with zero attached hydrogens (tertiary/aromatic N) is 4. The van der Waals surface area contributed by atoms with Gasteiger partial charge in [-0.1, -0.05) is 6.92 Å². The molecule has 0 fully saturated rings. The Morgan fingerprint density at radius 1 is 1.33 bits per heavy atom. The van der Waals surface area contributed by atoms with Crippen LogP contribution in [0, 0.1) is 0 Å². The molecule has 21 heavy (non-hydrogen) atoms. The molecule has 0 spiro atoms. The average molecular weight is 289 g/mol. The quantitative estimate of drug-likeness (QED) is 0.804. The number of hydrogen-bond acceptors (Lipinski definition) is 5. The Labute approximate surface area is 125 Å². The van der Waals surface area contributed by atoms with Gasteiger partial charge in [0, 0.05) is 19.3 Å². The fourth-order valence-electron chi connectivity index (χ4n) is 2.21. The predicted octanol–water partition coefficient (Wildman–Crippen LogP) is 1.89. The lowest BCUT2D eigenvalue weighted by Gasteiger charge is -2.17. The number of nitrogens with one attached hydrogen (secondary N) is 1. The van der Waals surface area contributed by atoms with Crippen molar-refractivity contribution in [2.45, 2.75) is 32.2 Å². The molecule has 114 valence electrons. The molecule has 2 rings (SSSR count). The lowest BCUT2D eigenvalue weighted by Crippen LogP contribution is -2.24. The molecule has 2 aromatic rings. The lowest BCUT2D eigenvalue weighted by molar-refractivity contribution is 0.388. The van der Waals surface area contributed by atoms with Crippen molar-refractivity contribution >= 4 is 0 Å². The summed E-state index contributed by atoms with van der Waals surface area (Å²) in [6.07, 6.45) is 6.98.